The van der Waals surface area contributed by atoms with Crippen LogP contribution in [0.4, 0.5) is 0 Å². The summed E-state index contributed by atoms with van der Waals surface area (Å²) >= 11 is 6.16. The average Bonchev–Trinajstić information content (AvgIpc) is 2.83. The van der Waals surface area contributed by atoms with Crippen LogP contribution in [0.25, 0.3) is 5.69 Å². The molecule has 0 saturated carbocycles. The van der Waals surface area contributed by atoms with Crippen LogP contribution in [0.1, 0.15) is 25.8 Å². The third-order valence-corrected chi connectivity index (χ3v) is 3.25. The summed E-state index contributed by atoms with van der Waals surface area (Å²) < 4.78 is 1.84. The maximum absolute atomic E-state index is 6.16. The van der Waals surface area contributed by atoms with Gasteiger partial charge >= 0.3 is 0 Å². The lowest BCUT2D eigenvalue weighted by molar-refractivity contribution is 0.570. The van der Waals surface area contributed by atoms with Gasteiger partial charge < -0.3 is 5.32 Å². The van der Waals surface area contributed by atoms with E-state index in [1.807, 2.05) is 35.1 Å². The van der Waals surface area contributed by atoms with Crippen molar-refractivity contribution in [2.24, 2.45) is 0 Å². The van der Waals surface area contributed by atoms with Crippen molar-refractivity contribution in [1.82, 2.24) is 15.1 Å². The quantitative estimate of drug-likeness (QED) is 0.820. The molecule has 4 heteroatoms. The minimum atomic E-state index is 0.547. The molecule has 0 aliphatic heterocycles. The highest BCUT2D eigenvalue weighted by molar-refractivity contribution is 6.32. The van der Waals surface area contributed by atoms with E-state index in [2.05, 4.69) is 30.5 Å². The van der Waals surface area contributed by atoms with Gasteiger partial charge in [0.25, 0.3) is 0 Å². The monoisotopic (exact) mass is 277 g/mol. The Morgan fingerprint density at radius 3 is 2.84 bits per heavy atom. The minimum Gasteiger partial charge on any atom is -0.315 e. The molecular formula is C15H20ClN3. The molecular weight excluding hydrogens is 258 g/mol. The molecule has 1 aromatic heterocycles. The second-order valence-corrected chi connectivity index (χ2v) is 5.36. The average molecular weight is 278 g/mol. The summed E-state index contributed by atoms with van der Waals surface area (Å²) in [5.41, 5.74) is 2.17. The normalized spacial score (nSPS) is 11.2. The first-order valence-corrected chi connectivity index (χ1v) is 7.06. The van der Waals surface area contributed by atoms with Crippen LogP contribution < -0.4 is 5.32 Å². The van der Waals surface area contributed by atoms with Crippen LogP contribution in [0, 0.1) is 0 Å². The summed E-state index contributed by atoms with van der Waals surface area (Å²) in [6.45, 7) is 5.36. The van der Waals surface area contributed by atoms with Gasteiger partial charge in [0.2, 0.25) is 0 Å². The van der Waals surface area contributed by atoms with Gasteiger partial charge in [-0.3, -0.25) is 0 Å². The Balaban J connectivity index is 1.94. The fourth-order valence-corrected chi connectivity index (χ4v) is 2.16. The summed E-state index contributed by atoms with van der Waals surface area (Å²) in [4.78, 5) is 0. The zero-order chi connectivity index (χ0) is 13.7. The van der Waals surface area contributed by atoms with Gasteiger partial charge in [-0.15, -0.1) is 0 Å². The maximum atomic E-state index is 6.16. The molecule has 2 aromatic rings. The number of para-hydroxylation sites is 1. The summed E-state index contributed by atoms with van der Waals surface area (Å²) in [6, 6.07) is 8.29. The van der Waals surface area contributed by atoms with Crippen molar-refractivity contribution >= 4 is 11.6 Å². The third-order valence-electron chi connectivity index (χ3n) is 2.93. The Bertz CT molecular complexity index is 520. The number of aromatic nitrogens is 2. The molecule has 1 heterocycles. The van der Waals surface area contributed by atoms with Gasteiger partial charge in [-0.2, -0.15) is 5.10 Å². The van der Waals surface area contributed by atoms with Gasteiger partial charge in [-0.25, -0.2) is 4.68 Å². The van der Waals surface area contributed by atoms with Crippen molar-refractivity contribution < 1.29 is 0 Å². The molecule has 1 aromatic carbocycles. The summed E-state index contributed by atoms with van der Waals surface area (Å²) in [6.07, 6.45) is 6.12. The predicted octanol–water partition coefficient (Wildman–Crippen LogP) is 3.46. The Labute approximate surface area is 119 Å². The first-order valence-electron chi connectivity index (χ1n) is 6.68. The molecule has 0 saturated heterocycles. The first kappa shape index (κ1) is 14.1. The van der Waals surface area contributed by atoms with Crippen molar-refractivity contribution in [2.75, 3.05) is 6.54 Å². The van der Waals surface area contributed by atoms with E-state index in [9.17, 15) is 0 Å². The van der Waals surface area contributed by atoms with E-state index in [4.69, 9.17) is 11.6 Å². The summed E-state index contributed by atoms with van der Waals surface area (Å²) in [7, 11) is 0. The van der Waals surface area contributed by atoms with E-state index in [0.717, 1.165) is 30.1 Å². The number of nitrogens with zero attached hydrogens (tertiary/aromatic N) is 2. The van der Waals surface area contributed by atoms with Crippen LogP contribution in [0.15, 0.2) is 36.7 Å². The number of rotatable bonds is 6. The number of halogens is 1. The van der Waals surface area contributed by atoms with Crippen molar-refractivity contribution in [3.8, 4) is 5.69 Å². The molecule has 0 spiro atoms. The van der Waals surface area contributed by atoms with Gasteiger partial charge in [-0.05, 0) is 37.1 Å². The number of hydrogen-bond donors (Lipinski definition) is 1. The zero-order valence-electron chi connectivity index (χ0n) is 11.4. The van der Waals surface area contributed by atoms with Crippen molar-refractivity contribution in [3.63, 3.8) is 0 Å². The smallest absolute Gasteiger partial charge is 0.0831 e. The molecule has 0 unspecified atom stereocenters. The fraction of sp³-hybridized carbons (Fsp3) is 0.400. The molecule has 0 radical (unpaired) electrons. The second kappa shape index (κ2) is 6.73. The minimum absolute atomic E-state index is 0.547. The lowest BCUT2D eigenvalue weighted by atomic mass is 10.2. The second-order valence-electron chi connectivity index (χ2n) is 4.96. The highest BCUT2D eigenvalue weighted by atomic mass is 35.5. The number of hydrogen-bond acceptors (Lipinski definition) is 2. The Kier molecular flexibility index (Phi) is 5.00. The molecule has 0 amide bonds. The van der Waals surface area contributed by atoms with E-state index in [-0.39, 0.29) is 0 Å². The summed E-state index contributed by atoms with van der Waals surface area (Å²) in [5, 5.41) is 8.51. The van der Waals surface area contributed by atoms with Crippen LogP contribution >= 0.6 is 11.6 Å². The molecule has 3 nitrogen and oxygen atoms in total. The van der Waals surface area contributed by atoms with Gasteiger partial charge in [0.05, 0.1) is 16.9 Å². The molecule has 0 fully saturated rings. The van der Waals surface area contributed by atoms with E-state index < -0.39 is 0 Å². The van der Waals surface area contributed by atoms with Crippen LogP contribution in [0.2, 0.25) is 5.02 Å². The summed E-state index contributed by atoms with van der Waals surface area (Å²) in [5.74, 6) is 0. The molecule has 2 rings (SSSR count). The van der Waals surface area contributed by atoms with Crippen LogP contribution in [-0.2, 0) is 6.42 Å². The van der Waals surface area contributed by atoms with Crippen molar-refractivity contribution in [1.29, 1.82) is 0 Å². The fourth-order valence-electron chi connectivity index (χ4n) is 1.94. The Morgan fingerprint density at radius 1 is 1.32 bits per heavy atom. The third kappa shape index (κ3) is 4.08. The number of benzene rings is 1. The lowest BCUT2D eigenvalue weighted by Gasteiger charge is -2.06. The molecule has 0 bridgehead atoms. The highest BCUT2D eigenvalue weighted by Gasteiger charge is 2.04. The van der Waals surface area contributed by atoms with Crippen molar-refractivity contribution in [3.05, 3.63) is 47.2 Å². The molecule has 0 aliphatic carbocycles. The SMILES string of the molecule is CC(C)NCCCc1cnn(-c2ccccc2Cl)c1. The van der Waals surface area contributed by atoms with Crippen molar-refractivity contribution in [2.45, 2.75) is 32.7 Å². The Hall–Kier alpha value is -1.32. The van der Waals surface area contributed by atoms with Gasteiger partial charge in [0, 0.05) is 12.2 Å². The lowest BCUT2D eigenvalue weighted by Crippen LogP contribution is -2.23. The van der Waals surface area contributed by atoms with Gasteiger partial charge in [0.15, 0.2) is 0 Å². The standard InChI is InChI=1S/C15H20ClN3/c1-12(2)17-9-5-6-13-10-18-19(11-13)15-8-4-3-7-14(15)16/h3-4,7-8,10-12,17H,5-6,9H2,1-2H3. The van der Waals surface area contributed by atoms with Gasteiger partial charge in [0.1, 0.15) is 0 Å². The number of nitrogens with one attached hydrogen (secondary N) is 1. The van der Waals surface area contributed by atoms with Crippen LogP contribution in [-0.4, -0.2) is 22.4 Å². The Morgan fingerprint density at radius 2 is 2.11 bits per heavy atom. The topological polar surface area (TPSA) is 29.9 Å². The molecule has 102 valence electrons. The van der Waals surface area contributed by atoms with E-state index in [1.165, 1.54) is 5.56 Å². The number of aryl methyl sites for hydroxylation is 1. The molecule has 19 heavy (non-hydrogen) atoms. The molecule has 0 aliphatic rings. The molecule has 0 atom stereocenters. The van der Waals surface area contributed by atoms with Crippen LogP contribution in [0.5, 0.6) is 0 Å². The zero-order valence-corrected chi connectivity index (χ0v) is 12.2. The van der Waals surface area contributed by atoms with E-state index in [1.54, 1.807) is 0 Å². The van der Waals surface area contributed by atoms with E-state index >= 15 is 0 Å². The predicted molar refractivity (Wildman–Crippen MR) is 80.0 cm³/mol. The van der Waals surface area contributed by atoms with Crippen LogP contribution in [0.3, 0.4) is 0 Å². The largest absolute Gasteiger partial charge is 0.315 e. The molecule has 1 N–H and O–H groups in total. The maximum Gasteiger partial charge on any atom is 0.0831 e. The highest BCUT2D eigenvalue weighted by Crippen LogP contribution is 2.19. The van der Waals surface area contributed by atoms with Gasteiger partial charge in [-0.1, -0.05) is 37.6 Å². The van der Waals surface area contributed by atoms with E-state index in [0.29, 0.717) is 6.04 Å². The first-order chi connectivity index (χ1) is 9.16.